The molecule has 4 rings (SSSR count). The van der Waals surface area contributed by atoms with Gasteiger partial charge in [0.25, 0.3) is 0 Å². The molecule has 1 N–H and O–H groups in total. The fourth-order valence-electron chi connectivity index (χ4n) is 3.19. The second-order valence-electron chi connectivity index (χ2n) is 6.36. The third kappa shape index (κ3) is 3.45. The number of rotatable bonds is 4. The topological polar surface area (TPSA) is 75.9 Å². The molecule has 1 fully saturated rings. The number of aromatic nitrogens is 4. The number of aryl methyl sites for hydroxylation is 1. The number of hydrogen-bond acceptors (Lipinski definition) is 6. The van der Waals surface area contributed by atoms with Crippen LogP contribution in [0.25, 0.3) is 11.3 Å². The largest absolute Gasteiger partial charge is 0.355 e. The van der Waals surface area contributed by atoms with Crippen LogP contribution in [0.3, 0.4) is 0 Å². The zero-order chi connectivity index (χ0) is 17.9. The molecule has 1 aliphatic rings. The first-order valence-corrected chi connectivity index (χ1v) is 9.53. The van der Waals surface area contributed by atoms with Crippen molar-refractivity contribution in [1.82, 2.24) is 19.7 Å². The third-order valence-electron chi connectivity index (χ3n) is 4.69. The van der Waals surface area contributed by atoms with E-state index in [0.29, 0.717) is 0 Å². The second kappa shape index (κ2) is 7.25. The number of nitrogens with zero attached hydrogens (tertiary/aromatic N) is 5. The summed E-state index contributed by atoms with van der Waals surface area (Å²) in [7, 11) is 1.85. The molecule has 3 aromatic heterocycles. The molecule has 0 radical (unpaired) electrons. The Morgan fingerprint density at radius 1 is 1.31 bits per heavy atom. The molecule has 134 valence electrons. The van der Waals surface area contributed by atoms with Gasteiger partial charge < -0.3 is 10.2 Å². The van der Waals surface area contributed by atoms with Gasteiger partial charge >= 0.3 is 0 Å². The van der Waals surface area contributed by atoms with Gasteiger partial charge in [0.2, 0.25) is 5.91 Å². The van der Waals surface area contributed by atoms with E-state index in [0.717, 1.165) is 48.8 Å². The van der Waals surface area contributed by atoms with E-state index in [1.165, 1.54) is 0 Å². The van der Waals surface area contributed by atoms with Gasteiger partial charge in [0.15, 0.2) is 0 Å². The molecule has 0 aliphatic carbocycles. The lowest BCUT2D eigenvalue weighted by Gasteiger charge is -2.31. The molecule has 0 bridgehead atoms. The van der Waals surface area contributed by atoms with E-state index in [2.05, 4.69) is 30.7 Å². The van der Waals surface area contributed by atoms with Crippen molar-refractivity contribution < 1.29 is 4.79 Å². The number of nitrogens with one attached hydrogen (secondary N) is 1. The summed E-state index contributed by atoms with van der Waals surface area (Å²) in [5.41, 5.74) is 1.95. The summed E-state index contributed by atoms with van der Waals surface area (Å²) in [6.07, 6.45) is 6.74. The van der Waals surface area contributed by atoms with Crippen molar-refractivity contribution in [2.45, 2.75) is 12.8 Å². The first-order chi connectivity index (χ1) is 12.7. The smallest absolute Gasteiger partial charge is 0.228 e. The van der Waals surface area contributed by atoms with Gasteiger partial charge in [-0.15, -0.1) is 0 Å². The molecule has 1 aliphatic heterocycles. The van der Waals surface area contributed by atoms with Crippen molar-refractivity contribution in [2.24, 2.45) is 13.0 Å². The number of carbonyl (C=O) groups is 1. The Hall–Kier alpha value is -2.74. The van der Waals surface area contributed by atoms with Crippen molar-refractivity contribution >= 4 is 28.9 Å². The fraction of sp³-hybridized carbons (Fsp3) is 0.333. The highest BCUT2D eigenvalue weighted by Crippen LogP contribution is 2.25. The number of thiophene rings is 1. The van der Waals surface area contributed by atoms with Gasteiger partial charge in [-0.3, -0.25) is 14.5 Å². The minimum absolute atomic E-state index is 0.00224. The maximum absolute atomic E-state index is 12.7. The van der Waals surface area contributed by atoms with Crippen molar-refractivity contribution in [3.8, 4) is 11.3 Å². The lowest BCUT2D eigenvalue weighted by atomic mass is 9.96. The van der Waals surface area contributed by atoms with Gasteiger partial charge in [0.1, 0.15) is 11.6 Å². The summed E-state index contributed by atoms with van der Waals surface area (Å²) in [5, 5.41) is 11.6. The average Bonchev–Trinajstić information content (AvgIpc) is 3.33. The summed E-state index contributed by atoms with van der Waals surface area (Å²) < 4.78 is 1.72. The molecule has 3 aromatic rings. The average molecular weight is 368 g/mol. The van der Waals surface area contributed by atoms with Gasteiger partial charge in [-0.05, 0) is 24.3 Å². The van der Waals surface area contributed by atoms with Crippen LogP contribution < -0.4 is 10.2 Å². The molecule has 26 heavy (non-hydrogen) atoms. The monoisotopic (exact) mass is 368 g/mol. The Morgan fingerprint density at radius 3 is 2.85 bits per heavy atom. The summed E-state index contributed by atoms with van der Waals surface area (Å²) in [6.45, 7) is 1.62. The van der Waals surface area contributed by atoms with E-state index in [1.54, 1.807) is 34.6 Å². The minimum atomic E-state index is 0.00224. The minimum Gasteiger partial charge on any atom is -0.355 e. The molecule has 7 nitrogen and oxygen atoms in total. The van der Waals surface area contributed by atoms with Crippen LogP contribution in [-0.4, -0.2) is 38.7 Å². The Morgan fingerprint density at radius 2 is 2.15 bits per heavy atom. The lowest BCUT2D eigenvalue weighted by molar-refractivity contribution is -0.120. The van der Waals surface area contributed by atoms with Gasteiger partial charge in [-0.2, -0.15) is 16.4 Å². The summed E-state index contributed by atoms with van der Waals surface area (Å²) >= 11 is 1.63. The molecule has 0 spiro atoms. The lowest BCUT2D eigenvalue weighted by Crippen LogP contribution is -2.38. The first-order valence-electron chi connectivity index (χ1n) is 8.59. The predicted octanol–water partition coefficient (Wildman–Crippen LogP) is 2.79. The standard InChI is InChI=1S/C18H20N6OS/c1-23-16(10-15(22-23)14-4-9-26-12-14)21-18(25)13-2-7-24(8-3-13)17-11-19-5-6-20-17/h4-6,9-13H,2-3,7-8H2,1H3,(H,21,25). The molecule has 8 heteroatoms. The van der Waals surface area contributed by atoms with Gasteiger partial charge in [-0.25, -0.2) is 4.98 Å². The number of anilines is 2. The quantitative estimate of drug-likeness (QED) is 0.766. The Labute approximate surface area is 155 Å². The molecule has 0 atom stereocenters. The molecule has 1 saturated heterocycles. The number of hydrogen-bond donors (Lipinski definition) is 1. The van der Waals surface area contributed by atoms with Crippen LogP contribution in [-0.2, 0) is 11.8 Å². The third-order valence-corrected chi connectivity index (χ3v) is 5.37. The first kappa shape index (κ1) is 16.7. The normalized spacial score (nSPS) is 15.2. The van der Waals surface area contributed by atoms with Crippen LogP contribution in [0.4, 0.5) is 11.6 Å². The van der Waals surface area contributed by atoms with Crippen LogP contribution in [0, 0.1) is 5.92 Å². The van der Waals surface area contributed by atoms with Crippen molar-refractivity contribution in [1.29, 1.82) is 0 Å². The zero-order valence-corrected chi connectivity index (χ0v) is 15.3. The Kier molecular flexibility index (Phi) is 4.66. The zero-order valence-electron chi connectivity index (χ0n) is 14.5. The SMILES string of the molecule is Cn1nc(-c2ccsc2)cc1NC(=O)C1CCN(c2cnccn2)CC1. The highest BCUT2D eigenvalue weighted by Gasteiger charge is 2.26. The number of amides is 1. The van der Waals surface area contributed by atoms with Crippen LogP contribution in [0.15, 0.2) is 41.5 Å². The van der Waals surface area contributed by atoms with E-state index >= 15 is 0 Å². The predicted molar refractivity (Wildman–Crippen MR) is 102 cm³/mol. The van der Waals surface area contributed by atoms with Crippen molar-refractivity contribution in [3.05, 3.63) is 41.5 Å². The molecular weight excluding hydrogens is 348 g/mol. The second-order valence-corrected chi connectivity index (χ2v) is 7.14. The summed E-state index contributed by atoms with van der Waals surface area (Å²) in [6, 6.07) is 3.95. The molecular formula is C18H20N6OS. The summed E-state index contributed by atoms with van der Waals surface area (Å²) in [4.78, 5) is 23.3. The van der Waals surface area contributed by atoms with Gasteiger partial charge in [0.05, 0.1) is 11.9 Å². The van der Waals surface area contributed by atoms with E-state index in [9.17, 15) is 4.79 Å². The maximum Gasteiger partial charge on any atom is 0.228 e. The number of carbonyl (C=O) groups excluding carboxylic acids is 1. The number of piperidine rings is 1. The highest BCUT2D eigenvalue weighted by molar-refractivity contribution is 7.08. The van der Waals surface area contributed by atoms with E-state index in [1.807, 2.05) is 24.6 Å². The van der Waals surface area contributed by atoms with Crippen LogP contribution in [0.1, 0.15) is 12.8 Å². The molecule has 4 heterocycles. The van der Waals surface area contributed by atoms with Crippen LogP contribution in [0.2, 0.25) is 0 Å². The highest BCUT2D eigenvalue weighted by atomic mass is 32.1. The van der Waals surface area contributed by atoms with Gasteiger partial charge in [0, 0.05) is 55.5 Å². The maximum atomic E-state index is 12.7. The van der Waals surface area contributed by atoms with E-state index in [-0.39, 0.29) is 11.8 Å². The summed E-state index contributed by atoms with van der Waals surface area (Å²) in [5.74, 6) is 1.66. The van der Waals surface area contributed by atoms with Crippen LogP contribution >= 0.6 is 11.3 Å². The molecule has 0 unspecified atom stereocenters. The molecule has 0 aromatic carbocycles. The fourth-order valence-corrected chi connectivity index (χ4v) is 3.84. The van der Waals surface area contributed by atoms with E-state index < -0.39 is 0 Å². The van der Waals surface area contributed by atoms with E-state index in [4.69, 9.17) is 0 Å². The van der Waals surface area contributed by atoms with Crippen molar-refractivity contribution in [3.63, 3.8) is 0 Å². The Balaban J connectivity index is 1.37. The Bertz CT molecular complexity index is 868. The van der Waals surface area contributed by atoms with Gasteiger partial charge in [-0.1, -0.05) is 0 Å². The van der Waals surface area contributed by atoms with Crippen LogP contribution in [0.5, 0.6) is 0 Å². The molecule has 0 saturated carbocycles. The molecule has 1 amide bonds. The van der Waals surface area contributed by atoms with Crippen molar-refractivity contribution in [2.75, 3.05) is 23.3 Å².